The highest BCUT2D eigenvalue weighted by molar-refractivity contribution is 7.98. The second-order valence-electron chi connectivity index (χ2n) is 3.97. The molecule has 0 aliphatic rings. The summed E-state index contributed by atoms with van der Waals surface area (Å²) in [6, 6.07) is 1.23. The Morgan fingerprint density at radius 1 is 1.50 bits per heavy atom. The zero-order valence-electron chi connectivity index (χ0n) is 10.0. The molecule has 0 aliphatic heterocycles. The van der Waals surface area contributed by atoms with Crippen molar-refractivity contribution in [3.05, 3.63) is 28.1 Å². The van der Waals surface area contributed by atoms with E-state index in [1.165, 1.54) is 17.8 Å². The van der Waals surface area contributed by atoms with Crippen LogP contribution in [-0.2, 0) is 5.75 Å². The smallest absolute Gasteiger partial charge is 0.253 e. The summed E-state index contributed by atoms with van der Waals surface area (Å²) in [7, 11) is 0. The predicted molar refractivity (Wildman–Crippen MR) is 67.2 cm³/mol. The van der Waals surface area contributed by atoms with Gasteiger partial charge in [0.05, 0.1) is 5.75 Å². The van der Waals surface area contributed by atoms with Crippen molar-refractivity contribution < 1.29 is 4.52 Å². The lowest BCUT2D eigenvalue weighted by Gasteiger charge is -1.98. The van der Waals surface area contributed by atoms with E-state index in [0.717, 1.165) is 0 Å². The first kappa shape index (κ1) is 12.6. The highest BCUT2D eigenvalue weighted by Gasteiger charge is 2.10. The van der Waals surface area contributed by atoms with E-state index in [4.69, 9.17) is 10.3 Å². The molecule has 7 nitrogen and oxygen atoms in total. The van der Waals surface area contributed by atoms with Gasteiger partial charge in [0, 0.05) is 12.0 Å². The van der Waals surface area contributed by atoms with Crippen molar-refractivity contribution in [2.75, 3.05) is 5.73 Å². The van der Waals surface area contributed by atoms with Crippen molar-refractivity contribution in [2.45, 2.75) is 30.7 Å². The molecule has 0 unspecified atom stereocenters. The number of nitrogens with one attached hydrogen (secondary N) is 1. The summed E-state index contributed by atoms with van der Waals surface area (Å²) in [4.78, 5) is 22.0. The summed E-state index contributed by atoms with van der Waals surface area (Å²) in [5, 5.41) is 4.28. The molecule has 3 N–H and O–H groups in total. The monoisotopic (exact) mass is 267 g/mol. The quantitative estimate of drug-likeness (QED) is 0.631. The minimum atomic E-state index is -0.277. The van der Waals surface area contributed by atoms with Crippen LogP contribution in [0.4, 0.5) is 5.82 Å². The van der Waals surface area contributed by atoms with Crippen LogP contribution >= 0.6 is 11.8 Å². The minimum Gasteiger partial charge on any atom is -0.383 e. The summed E-state index contributed by atoms with van der Waals surface area (Å²) in [6.07, 6.45) is 0. The summed E-state index contributed by atoms with van der Waals surface area (Å²) in [6.45, 7) is 3.95. The molecule has 0 atom stereocenters. The average molecular weight is 267 g/mol. The zero-order chi connectivity index (χ0) is 13.1. The maximum atomic E-state index is 11.2. The Bertz CT molecular complexity index is 592. The molecule has 0 fully saturated rings. The summed E-state index contributed by atoms with van der Waals surface area (Å²) >= 11 is 1.30. The third-order valence-corrected chi connectivity index (χ3v) is 2.92. The van der Waals surface area contributed by atoms with E-state index in [-0.39, 0.29) is 17.3 Å². The molecule has 2 aromatic heterocycles. The van der Waals surface area contributed by atoms with Crippen molar-refractivity contribution in [2.24, 2.45) is 0 Å². The molecule has 0 radical (unpaired) electrons. The van der Waals surface area contributed by atoms with Crippen molar-refractivity contribution in [1.82, 2.24) is 20.1 Å². The number of H-pyrrole nitrogens is 1. The van der Waals surface area contributed by atoms with Crippen molar-refractivity contribution in [3.63, 3.8) is 0 Å². The Morgan fingerprint density at radius 2 is 2.28 bits per heavy atom. The van der Waals surface area contributed by atoms with E-state index in [1.54, 1.807) is 0 Å². The van der Waals surface area contributed by atoms with Crippen LogP contribution in [0, 0.1) is 0 Å². The van der Waals surface area contributed by atoms with Crippen LogP contribution in [0.5, 0.6) is 0 Å². The minimum absolute atomic E-state index is 0.192. The number of rotatable bonds is 4. The van der Waals surface area contributed by atoms with Gasteiger partial charge in [0.2, 0.25) is 5.89 Å². The molecule has 0 aromatic carbocycles. The third kappa shape index (κ3) is 3.10. The number of nitrogens with two attached hydrogens (primary N) is 1. The number of anilines is 1. The van der Waals surface area contributed by atoms with Crippen molar-refractivity contribution in [1.29, 1.82) is 0 Å². The maximum Gasteiger partial charge on any atom is 0.253 e. The summed E-state index contributed by atoms with van der Waals surface area (Å²) < 4.78 is 5.07. The molecule has 0 spiro atoms. The highest BCUT2D eigenvalue weighted by Crippen LogP contribution is 2.18. The van der Waals surface area contributed by atoms with Crippen LogP contribution in [0.15, 0.2) is 20.5 Å². The first-order valence-electron chi connectivity index (χ1n) is 5.36. The van der Waals surface area contributed by atoms with E-state index in [9.17, 15) is 4.79 Å². The van der Waals surface area contributed by atoms with E-state index < -0.39 is 0 Å². The van der Waals surface area contributed by atoms with Crippen LogP contribution in [0.3, 0.4) is 0 Å². The molecule has 96 valence electrons. The zero-order valence-corrected chi connectivity index (χ0v) is 10.8. The SMILES string of the molecule is CC(C)c1nc(CSc2nc(N)cc(=O)[nH]2)no1. The summed E-state index contributed by atoms with van der Waals surface area (Å²) in [5.41, 5.74) is 5.20. The fraction of sp³-hybridized carbons (Fsp3) is 0.400. The first-order valence-corrected chi connectivity index (χ1v) is 6.35. The lowest BCUT2D eigenvalue weighted by atomic mass is 10.2. The van der Waals surface area contributed by atoms with Gasteiger partial charge in [0.25, 0.3) is 5.56 Å². The first-order chi connectivity index (χ1) is 8.54. The number of hydrogen-bond acceptors (Lipinski definition) is 7. The van der Waals surface area contributed by atoms with Gasteiger partial charge >= 0.3 is 0 Å². The van der Waals surface area contributed by atoms with E-state index >= 15 is 0 Å². The number of hydrogen-bond donors (Lipinski definition) is 2. The van der Waals surface area contributed by atoms with E-state index in [0.29, 0.717) is 22.6 Å². The van der Waals surface area contributed by atoms with Crippen LogP contribution in [0.2, 0.25) is 0 Å². The number of nitrogen functional groups attached to an aromatic ring is 1. The summed E-state index contributed by atoms with van der Waals surface area (Å²) in [5.74, 6) is 2.01. The normalized spacial score (nSPS) is 11.1. The molecule has 0 saturated heterocycles. The molecule has 2 heterocycles. The topological polar surface area (TPSA) is 111 Å². The van der Waals surface area contributed by atoms with Crippen LogP contribution in [0.25, 0.3) is 0 Å². The lowest BCUT2D eigenvalue weighted by molar-refractivity contribution is 0.362. The van der Waals surface area contributed by atoms with Gasteiger partial charge in [-0.1, -0.05) is 30.8 Å². The molecule has 0 amide bonds. The number of nitrogens with zero attached hydrogens (tertiary/aromatic N) is 3. The molecule has 0 bridgehead atoms. The predicted octanol–water partition coefficient (Wildman–Crippen LogP) is 1.15. The Balaban J connectivity index is 2.04. The van der Waals surface area contributed by atoms with Gasteiger partial charge in [0.15, 0.2) is 11.0 Å². The van der Waals surface area contributed by atoms with E-state index in [2.05, 4.69) is 20.1 Å². The van der Waals surface area contributed by atoms with Gasteiger partial charge in [-0.25, -0.2) is 4.98 Å². The lowest BCUT2D eigenvalue weighted by Crippen LogP contribution is -2.09. The van der Waals surface area contributed by atoms with Gasteiger partial charge in [-0.2, -0.15) is 4.98 Å². The Kier molecular flexibility index (Phi) is 3.66. The molecule has 2 aromatic rings. The Hall–Kier alpha value is -1.83. The van der Waals surface area contributed by atoms with Crippen LogP contribution in [0.1, 0.15) is 31.5 Å². The molecule has 8 heteroatoms. The van der Waals surface area contributed by atoms with Crippen molar-refractivity contribution in [3.8, 4) is 0 Å². The number of aromatic amines is 1. The van der Waals surface area contributed by atoms with Gasteiger partial charge < -0.3 is 15.2 Å². The van der Waals surface area contributed by atoms with Crippen LogP contribution in [-0.4, -0.2) is 20.1 Å². The second kappa shape index (κ2) is 5.21. The molecule has 18 heavy (non-hydrogen) atoms. The van der Waals surface area contributed by atoms with Gasteiger partial charge in [-0.3, -0.25) is 4.79 Å². The Morgan fingerprint density at radius 3 is 2.89 bits per heavy atom. The molecule has 0 saturated carbocycles. The average Bonchev–Trinajstić information content (AvgIpc) is 2.73. The van der Waals surface area contributed by atoms with Crippen LogP contribution < -0.4 is 11.3 Å². The highest BCUT2D eigenvalue weighted by atomic mass is 32.2. The molecule has 2 rings (SSSR count). The van der Waals surface area contributed by atoms with Gasteiger partial charge in [-0.05, 0) is 0 Å². The number of aromatic nitrogens is 4. The largest absolute Gasteiger partial charge is 0.383 e. The standard InChI is InChI=1S/C10H13N5O2S/c1-5(2)9-13-7(15-17-9)4-18-10-12-6(11)3-8(16)14-10/h3,5H,4H2,1-2H3,(H3,11,12,14,16). The number of thioether (sulfide) groups is 1. The van der Waals surface area contributed by atoms with Crippen molar-refractivity contribution >= 4 is 17.6 Å². The fourth-order valence-corrected chi connectivity index (χ4v) is 1.94. The van der Waals surface area contributed by atoms with Gasteiger partial charge in [-0.15, -0.1) is 0 Å². The maximum absolute atomic E-state index is 11.2. The second-order valence-corrected chi connectivity index (χ2v) is 4.93. The molecule has 0 aliphatic carbocycles. The van der Waals surface area contributed by atoms with E-state index in [1.807, 2.05) is 13.8 Å². The molecular formula is C10H13N5O2S. The molecular weight excluding hydrogens is 254 g/mol. The van der Waals surface area contributed by atoms with Gasteiger partial charge in [0.1, 0.15) is 5.82 Å². The Labute approximate surface area is 107 Å². The third-order valence-electron chi connectivity index (χ3n) is 2.06. The fourth-order valence-electron chi connectivity index (χ4n) is 1.22.